The third-order valence-corrected chi connectivity index (χ3v) is 4.96. The molecule has 1 heterocycles. The number of hydrogen-bond donors (Lipinski definition) is 2. The van der Waals surface area contributed by atoms with Crippen LogP contribution in [0.1, 0.15) is 29.9 Å². The molecule has 2 N–H and O–H groups in total. The fourth-order valence-electron chi connectivity index (χ4n) is 3.16. The molecule has 0 spiro atoms. The van der Waals surface area contributed by atoms with E-state index in [1.54, 1.807) is 25.3 Å². The molecule has 0 radical (unpaired) electrons. The molecule has 0 aliphatic heterocycles. The van der Waals surface area contributed by atoms with E-state index < -0.39 is 11.9 Å². The molecule has 3 rings (SSSR count). The number of carbonyl (C=O) groups is 2. The smallest absolute Gasteiger partial charge is 0.274 e. The van der Waals surface area contributed by atoms with Crippen LogP contribution < -0.4 is 20.1 Å². The van der Waals surface area contributed by atoms with Crippen LogP contribution in [0.4, 0.5) is 0 Å². The Balaban J connectivity index is 1.70. The lowest BCUT2D eigenvalue weighted by Crippen LogP contribution is -2.49. The average molecular weight is 437 g/mol. The summed E-state index contributed by atoms with van der Waals surface area (Å²) in [5.74, 6) is 0.628. The van der Waals surface area contributed by atoms with Crippen molar-refractivity contribution in [1.29, 1.82) is 0 Å². The molecule has 0 aliphatic carbocycles. The molecule has 0 fully saturated rings. The number of carbonyl (C=O) groups excluding carboxylic acids is 2. The maximum absolute atomic E-state index is 12.8. The van der Waals surface area contributed by atoms with E-state index in [0.717, 1.165) is 5.56 Å². The van der Waals surface area contributed by atoms with Gasteiger partial charge in [0.25, 0.3) is 5.91 Å². The van der Waals surface area contributed by atoms with Crippen molar-refractivity contribution in [3.8, 4) is 22.8 Å². The second kappa shape index (κ2) is 10.5. The van der Waals surface area contributed by atoms with Gasteiger partial charge < -0.3 is 24.6 Å². The van der Waals surface area contributed by atoms with Gasteiger partial charge in [0.15, 0.2) is 11.5 Å². The summed E-state index contributed by atoms with van der Waals surface area (Å²) in [6, 6.07) is 15.6. The number of methoxy groups -OCH3 is 2. The maximum atomic E-state index is 12.8. The van der Waals surface area contributed by atoms with Crippen LogP contribution in [0.3, 0.4) is 0 Å². The lowest BCUT2D eigenvalue weighted by molar-refractivity contribution is -0.124. The van der Waals surface area contributed by atoms with Gasteiger partial charge in [0.1, 0.15) is 17.5 Å². The Morgan fingerprint density at radius 3 is 2.44 bits per heavy atom. The maximum Gasteiger partial charge on any atom is 0.274 e. The number of aromatic nitrogens is 1. The van der Waals surface area contributed by atoms with Crippen molar-refractivity contribution in [2.24, 2.45) is 5.92 Å². The van der Waals surface area contributed by atoms with E-state index >= 15 is 0 Å². The molecule has 0 unspecified atom stereocenters. The summed E-state index contributed by atoms with van der Waals surface area (Å²) in [7, 11) is 3.09. The minimum atomic E-state index is -0.720. The Morgan fingerprint density at radius 1 is 1.03 bits per heavy atom. The number of rotatable bonds is 9. The fourth-order valence-corrected chi connectivity index (χ4v) is 3.16. The Bertz CT molecular complexity index is 1060. The van der Waals surface area contributed by atoms with Gasteiger partial charge in [-0.15, -0.1) is 0 Å². The predicted molar refractivity (Wildman–Crippen MR) is 119 cm³/mol. The van der Waals surface area contributed by atoms with Gasteiger partial charge in [-0.25, -0.2) is 0 Å². The highest BCUT2D eigenvalue weighted by Crippen LogP contribution is 2.33. The lowest BCUT2D eigenvalue weighted by Gasteiger charge is -2.21. The van der Waals surface area contributed by atoms with Gasteiger partial charge in [0.2, 0.25) is 5.91 Å². The molecule has 2 amide bonds. The number of benzene rings is 2. The summed E-state index contributed by atoms with van der Waals surface area (Å²) in [6.45, 7) is 4.11. The largest absolute Gasteiger partial charge is 0.497 e. The highest BCUT2D eigenvalue weighted by atomic mass is 16.5. The van der Waals surface area contributed by atoms with Crippen LogP contribution in [0.15, 0.2) is 59.1 Å². The molecular weight excluding hydrogens is 410 g/mol. The molecule has 3 aromatic rings. The van der Waals surface area contributed by atoms with Gasteiger partial charge in [0.05, 0.1) is 19.8 Å². The van der Waals surface area contributed by atoms with Gasteiger partial charge in [-0.3, -0.25) is 9.59 Å². The highest BCUT2D eigenvalue weighted by molar-refractivity contribution is 5.96. The molecule has 0 bridgehead atoms. The number of nitrogens with zero attached hydrogens (tertiary/aromatic N) is 1. The zero-order chi connectivity index (χ0) is 23.1. The molecule has 0 aliphatic rings. The molecule has 1 atom stereocenters. The van der Waals surface area contributed by atoms with Gasteiger partial charge in [-0.05, 0) is 23.6 Å². The Hall–Kier alpha value is -3.81. The molecule has 8 heteroatoms. The second-order valence-corrected chi connectivity index (χ2v) is 7.54. The summed E-state index contributed by atoms with van der Waals surface area (Å²) in [5.41, 5.74) is 1.67. The number of ether oxygens (including phenoxy) is 2. The van der Waals surface area contributed by atoms with Crippen LogP contribution in [0.5, 0.6) is 11.5 Å². The number of hydrogen-bond acceptors (Lipinski definition) is 6. The second-order valence-electron chi connectivity index (χ2n) is 7.54. The zero-order valence-corrected chi connectivity index (χ0v) is 18.5. The first-order valence-corrected chi connectivity index (χ1v) is 10.2. The molecule has 2 aromatic carbocycles. The van der Waals surface area contributed by atoms with Gasteiger partial charge in [0, 0.05) is 18.7 Å². The van der Waals surface area contributed by atoms with Gasteiger partial charge in [-0.1, -0.05) is 49.3 Å². The van der Waals surface area contributed by atoms with Crippen molar-refractivity contribution in [3.05, 3.63) is 65.9 Å². The quantitative estimate of drug-likeness (QED) is 0.532. The fraction of sp³-hybridized carbons (Fsp3) is 0.292. The molecule has 0 saturated carbocycles. The average Bonchev–Trinajstić information content (AvgIpc) is 3.31. The molecule has 168 valence electrons. The van der Waals surface area contributed by atoms with Gasteiger partial charge in [-0.2, -0.15) is 0 Å². The zero-order valence-electron chi connectivity index (χ0n) is 18.5. The number of nitrogens with one attached hydrogen (secondary N) is 2. The molecule has 32 heavy (non-hydrogen) atoms. The van der Waals surface area contributed by atoms with E-state index in [1.807, 2.05) is 44.2 Å². The molecule has 1 aromatic heterocycles. The summed E-state index contributed by atoms with van der Waals surface area (Å²) in [6.07, 6.45) is 0. The number of amides is 2. The van der Waals surface area contributed by atoms with Crippen molar-refractivity contribution in [3.63, 3.8) is 0 Å². The van der Waals surface area contributed by atoms with E-state index in [2.05, 4.69) is 15.8 Å². The van der Waals surface area contributed by atoms with Crippen molar-refractivity contribution < 1.29 is 23.6 Å². The molecule has 8 nitrogen and oxygen atoms in total. The Labute approximate surface area is 186 Å². The molecular formula is C24H27N3O5. The standard InChI is InChI=1S/C24H27N3O5/c1-15(2)22(24(29)25-14-16-8-6-5-7-9-16)26-23(28)19-13-21(32-27-19)18-11-10-17(30-3)12-20(18)31-4/h5-13,15,22H,14H2,1-4H3,(H,25,29)(H,26,28)/t22-/m1/s1. The van der Waals surface area contributed by atoms with Crippen LogP contribution in [0.2, 0.25) is 0 Å². The third-order valence-electron chi connectivity index (χ3n) is 4.96. The van der Waals surface area contributed by atoms with E-state index in [-0.39, 0.29) is 17.5 Å². The predicted octanol–water partition coefficient (Wildman–Crippen LogP) is 3.43. The summed E-state index contributed by atoms with van der Waals surface area (Å²) >= 11 is 0. The first-order valence-electron chi connectivity index (χ1n) is 10.2. The molecule has 0 saturated heterocycles. The minimum absolute atomic E-state index is 0.0689. The summed E-state index contributed by atoms with van der Waals surface area (Å²) < 4.78 is 15.9. The summed E-state index contributed by atoms with van der Waals surface area (Å²) in [5, 5.41) is 9.49. The Morgan fingerprint density at radius 2 is 1.78 bits per heavy atom. The van der Waals surface area contributed by atoms with Gasteiger partial charge >= 0.3 is 0 Å². The SMILES string of the molecule is COc1ccc(-c2cc(C(=O)N[C@@H](C(=O)NCc3ccccc3)C(C)C)no2)c(OC)c1. The minimum Gasteiger partial charge on any atom is -0.497 e. The van der Waals surface area contributed by atoms with Crippen molar-refractivity contribution in [2.45, 2.75) is 26.4 Å². The lowest BCUT2D eigenvalue weighted by atomic mass is 10.0. The van der Waals surface area contributed by atoms with Crippen LogP contribution in [-0.4, -0.2) is 37.2 Å². The first-order chi connectivity index (χ1) is 15.4. The Kier molecular flexibility index (Phi) is 7.49. The van der Waals surface area contributed by atoms with Crippen LogP contribution in [-0.2, 0) is 11.3 Å². The highest BCUT2D eigenvalue weighted by Gasteiger charge is 2.26. The van der Waals surface area contributed by atoms with E-state index in [4.69, 9.17) is 14.0 Å². The van der Waals surface area contributed by atoms with Crippen LogP contribution in [0.25, 0.3) is 11.3 Å². The van der Waals surface area contributed by atoms with Crippen molar-refractivity contribution in [2.75, 3.05) is 14.2 Å². The summed E-state index contributed by atoms with van der Waals surface area (Å²) in [4.78, 5) is 25.5. The van der Waals surface area contributed by atoms with E-state index in [9.17, 15) is 9.59 Å². The topological polar surface area (TPSA) is 103 Å². The normalized spacial score (nSPS) is 11.7. The van der Waals surface area contributed by atoms with Crippen molar-refractivity contribution >= 4 is 11.8 Å². The van der Waals surface area contributed by atoms with Crippen molar-refractivity contribution in [1.82, 2.24) is 15.8 Å². The van der Waals surface area contributed by atoms with Crippen LogP contribution in [0, 0.1) is 5.92 Å². The first kappa shape index (κ1) is 22.9. The van der Waals surface area contributed by atoms with E-state index in [0.29, 0.717) is 29.4 Å². The third kappa shape index (κ3) is 5.46. The van der Waals surface area contributed by atoms with Crippen LogP contribution >= 0.6 is 0 Å². The monoisotopic (exact) mass is 437 g/mol. The van der Waals surface area contributed by atoms with E-state index in [1.165, 1.54) is 13.2 Å².